The van der Waals surface area contributed by atoms with E-state index in [0.29, 0.717) is 12.1 Å². The summed E-state index contributed by atoms with van der Waals surface area (Å²) in [7, 11) is 0. The maximum absolute atomic E-state index is 13.1. The van der Waals surface area contributed by atoms with Gasteiger partial charge in [0.1, 0.15) is 5.75 Å². The predicted molar refractivity (Wildman–Crippen MR) is 95.0 cm³/mol. The average molecular weight is 317 g/mol. The number of nitrogens with zero attached hydrogens (tertiary/aromatic N) is 1. The van der Waals surface area contributed by atoms with Gasteiger partial charge in [-0.2, -0.15) is 0 Å². The highest BCUT2D eigenvalue weighted by molar-refractivity contribution is 6.01. The lowest BCUT2D eigenvalue weighted by molar-refractivity contribution is 0.0727. The van der Waals surface area contributed by atoms with Crippen LogP contribution in [0.5, 0.6) is 5.75 Å². The molecule has 0 saturated heterocycles. The van der Waals surface area contributed by atoms with Gasteiger partial charge in [0.25, 0.3) is 5.91 Å². The van der Waals surface area contributed by atoms with Gasteiger partial charge in [-0.15, -0.1) is 0 Å². The molecule has 3 aromatic rings. The van der Waals surface area contributed by atoms with Gasteiger partial charge in [0.2, 0.25) is 0 Å². The molecule has 3 heteroatoms. The normalized spacial score (nSPS) is 13.8. The second-order valence-electron chi connectivity index (χ2n) is 6.37. The molecule has 1 aliphatic rings. The smallest absolute Gasteiger partial charge is 0.258 e. The summed E-state index contributed by atoms with van der Waals surface area (Å²) in [5.74, 6) is -0.0398. The van der Waals surface area contributed by atoms with Crippen molar-refractivity contribution < 1.29 is 9.90 Å². The third-order valence-corrected chi connectivity index (χ3v) is 4.54. The van der Waals surface area contributed by atoms with Crippen LogP contribution in [0, 0.1) is 0 Å². The Kier molecular flexibility index (Phi) is 3.69. The molecule has 0 aliphatic heterocycles. The Morgan fingerprint density at radius 3 is 2.25 bits per heavy atom. The Bertz CT molecular complexity index is 885. The molecule has 0 aromatic heterocycles. The first kappa shape index (κ1) is 14.8. The number of amides is 1. The molecule has 0 radical (unpaired) electrons. The van der Waals surface area contributed by atoms with Crippen molar-refractivity contribution in [3.8, 4) is 5.75 Å². The Labute approximate surface area is 141 Å². The van der Waals surface area contributed by atoms with Crippen LogP contribution in [-0.2, 0) is 6.54 Å². The first-order chi connectivity index (χ1) is 11.7. The minimum absolute atomic E-state index is 0.0532. The average Bonchev–Trinajstić information content (AvgIpc) is 3.44. The summed E-state index contributed by atoms with van der Waals surface area (Å²) < 4.78 is 0. The van der Waals surface area contributed by atoms with E-state index in [0.717, 1.165) is 29.2 Å². The monoisotopic (exact) mass is 317 g/mol. The summed E-state index contributed by atoms with van der Waals surface area (Å²) in [4.78, 5) is 14.9. The minimum Gasteiger partial charge on any atom is -0.507 e. The number of phenolic OH excluding ortho intramolecular Hbond substituents is 1. The lowest BCUT2D eigenvalue weighted by Gasteiger charge is -2.23. The lowest BCUT2D eigenvalue weighted by atomic mass is 10.0. The quantitative estimate of drug-likeness (QED) is 0.777. The highest BCUT2D eigenvalue weighted by Crippen LogP contribution is 2.33. The zero-order chi connectivity index (χ0) is 16.5. The van der Waals surface area contributed by atoms with Crippen LogP contribution in [-0.4, -0.2) is 22.0 Å². The zero-order valence-electron chi connectivity index (χ0n) is 13.4. The number of benzene rings is 3. The van der Waals surface area contributed by atoms with E-state index in [1.165, 1.54) is 0 Å². The van der Waals surface area contributed by atoms with Crippen molar-refractivity contribution >= 4 is 16.7 Å². The number of rotatable bonds is 4. The van der Waals surface area contributed by atoms with Gasteiger partial charge in [0.05, 0.1) is 5.56 Å². The molecule has 0 unspecified atom stereocenters. The molecule has 0 bridgehead atoms. The molecule has 1 saturated carbocycles. The van der Waals surface area contributed by atoms with Crippen LogP contribution in [0.3, 0.4) is 0 Å². The fraction of sp³-hybridized carbons (Fsp3) is 0.190. The molecule has 120 valence electrons. The number of carbonyl (C=O) groups is 1. The van der Waals surface area contributed by atoms with E-state index in [2.05, 4.69) is 0 Å². The Morgan fingerprint density at radius 1 is 0.958 bits per heavy atom. The highest BCUT2D eigenvalue weighted by Gasteiger charge is 2.34. The van der Waals surface area contributed by atoms with Gasteiger partial charge in [-0.1, -0.05) is 54.6 Å². The summed E-state index contributed by atoms with van der Waals surface area (Å²) in [5, 5.41) is 12.3. The molecule has 1 aliphatic carbocycles. The number of carbonyl (C=O) groups excluding carboxylic acids is 1. The minimum atomic E-state index is -0.0930. The van der Waals surface area contributed by atoms with Crippen LogP contribution in [0.2, 0.25) is 0 Å². The lowest BCUT2D eigenvalue weighted by Crippen LogP contribution is -2.32. The Balaban J connectivity index is 1.69. The molecule has 0 atom stereocenters. The number of phenols is 1. The van der Waals surface area contributed by atoms with Crippen LogP contribution in [0.25, 0.3) is 10.8 Å². The van der Waals surface area contributed by atoms with Crippen molar-refractivity contribution in [1.29, 1.82) is 0 Å². The molecule has 4 rings (SSSR count). The fourth-order valence-electron chi connectivity index (χ4n) is 3.09. The summed E-state index contributed by atoms with van der Waals surface area (Å²) in [6.07, 6.45) is 2.07. The van der Waals surface area contributed by atoms with E-state index in [9.17, 15) is 9.90 Å². The second kappa shape index (κ2) is 6.00. The van der Waals surface area contributed by atoms with Crippen LogP contribution >= 0.6 is 0 Å². The standard InChI is InChI=1S/C21H19NO2/c23-20-13-17-9-5-4-8-16(17)12-19(20)21(24)22(18-10-11-18)14-15-6-2-1-3-7-15/h1-9,12-13,18,23H,10-11,14H2. The Morgan fingerprint density at radius 2 is 1.58 bits per heavy atom. The number of fused-ring (bicyclic) bond motifs is 1. The van der Waals surface area contributed by atoms with E-state index in [1.54, 1.807) is 12.1 Å². The highest BCUT2D eigenvalue weighted by atomic mass is 16.3. The predicted octanol–water partition coefficient (Wildman–Crippen LogP) is 4.35. The Hall–Kier alpha value is -2.81. The summed E-state index contributed by atoms with van der Waals surface area (Å²) in [6.45, 7) is 0.580. The summed E-state index contributed by atoms with van der Waals surface area (Å²) in [5.41, 5.74) is 1.49. The topological polar surface area (TPSA) is 40.5 Å². The van der Waals surface area contributed by atoms with Crippen molar-refractivity contribution in [3.05, 3.63) is 77.9 Å². The second-order valence-corrected chi connectivity index (χ2v) is 6.37. The molecule has 1 fully saturated rings. The molecule has 24 heavy (non-hydrogen) atoms. The van der Waals surface area contributed by atoms with E-state index in [4.69, 9.17) is 0 Å². The third-order valence-electron chi connectivity index (χ3n) is 4.54. The van der Waals surface area contributed by atoms with E-state index in [-0.39, 0.29) is 17.7 Å². The van der Waals surface area contributed by atoms with Crippen molar-refractivity contribution in [3.63, 3.8) is 0 Å². The zero-order valence-corrected chi connectivity index (χ0v) is 13.4. The third kappa shape index (κ3) is 2.85. The van der Waals surface area contributed by atoms with Crippen molar-refractivity contribution in [2.24, 2.45) is 0 Å². The first-order valence-corrected chi connectivity index (χ1v) is 8.29. The largest absolute Gasteiger partial charge is 0.507 e. The number of hydrogen-bond acceptors (Lipinski definition) is 2. The maximum Gasteiger partial charge on any atom is 0.258 e. The molecule has 0 spiro atoms. The van der Waals surface area contributed by atoms with E-state index < -0.39 is 0 Å². The molecule has 3 nitrogen and oxygen atoms in total. The summed E-state index contributed by atoms with van der Waals surface area (Å²) >= 11 is 0. The molecule has 1 N–H and O–H groups in total. The van der Waals surface area contributed by atoms with Gasteiger partial charge in [-0.05, 0) is 41.3 Å². The molecule has 0 heterocycles. The molecular weight excluding hydrogens is 298 g/mol. The van der Waals surface area contributed by atoms with Gasteiger partial charge in [-0.25, -0.2) is 0 Å². The van der Waals surface area contributed by atoms with Gasteiger partial charge in [0, 0.05) is 12.6 Å². The van der Waals surface area contributed by atoms with E-state index in [1.807, 2.05) is 59.5 Å². The van der Waals surface area contributed by atoms with Gasteiger partial charge < -0.3 is 10.0 Å². The molecule has 3 aromatic carbocycles. The van der Waals surface area contributed by atoms with Gasteiger partial charge in [0.15, 0.2) is 0 Å². The van der Waals surface area contributed by atoms with Crippen molar-refractivity contribution in [2.75, 3.05) is 0 Å². The van der Waals surface area contributed by atoms with Crippen molar-refractivity contribution in [2.45, 2.75) is 25.4 Å². The fourth-order valence-corrected chi connectivity index (χ4v) is 3.09. The van der Waals surface area contributed by atoms with Crippen LogP contribution in [0.4, 0.5) is 0 Å². The first-order valence-electron chi connectivity index (χ1n) is 8.29. The maximum atomic E-state index is 13.1. The SMILES string of the molecule is O=C(c1cc2ccccc2cc1O)N(Cc1ccccc1)C1CC1. The van der Waals surface area contributed by atoms with E-state index >= 15 is 0 Å². The van der Waals surface area contributed by atoms with Crippen molar-refractivity contribution in [1.82, 2.24) is 4.90 Å². The molecular formula is C21H19NO2. The summed E-state index contributed by atoms with van der Waals surface area (Å²) in [6, 6.07) is 21.5. The van der Waals surface area contributed by atoms with Crippen LogP contribution in [0.15, 0.2) is 66.7 Å². The number of aromatic hydroxyl groups is 1. The van der Waals surface area contributed by atoms with Crippen LogP contribution < -0.4 is 0 Å². The van der Waals surface area contributed by atoms with Crippen LogP contribution in [0.1, 0.15) is 28.8 Å². The van der Waals surface area contributed by atoms with Gasteiger partial charge >= 0.3 is 0 Å². The van der Waals surface area contributed by atoms with Gasteiger partial charge in [-0.3, -0.25) is 4.79 Å². The number of hydrogen-bond donors (Lipinski definition) is 1. The molecule has 1 amide bonds.